The molecule has 0 aliphatic heterocycles. The second-order valence-corrected chi connectivity index (χ2v) is 7.53. The minimum absolute atomic E-state index is 0.0643. The molecule has 0 aromatic carbocycles. The highest BCUT2D eigenvalue weighted by molar-refractivity contribution is 9.11. The lowest BCUT2D eigenvalue weighted by molar-refractivity contribution is -0.0419. The summed E-state index contributed by atoms with van der Waals surface area (Å²) in [6.45, 7) is 2.13. The molecule has 0 spiro atoms. The minimum atomic E-state index is 0.0643. The molecule has 0 bridgehead atoms. The molecule has 2 rings (SSSR count). The fourth-order valence-electron chi connectivity index (χ4n) is 2.48. The summed E-state index contributed by atoms with van der Waals surface area (Å²) in [5.74, 6) is 0. The van der Waals surface area contributed by atoms with Gasteiger partial charge >= 0.3 is 0 Å². The highest BCUT2D eigenvalue weighted by Gasteiger charge is 2.25. The van der Waals surface area contributed by atoms with Gasteiger partial charge in [-0.2, -0.15) is 0 Å². The maximum atomic E-state index is 6.31. The second kappa shape index (κ2) is 7.04. The van der Waals surface area contributed by atoms with Gasteiger partial charge in [0.15, 0.2) is 0 Å². The fourth-order valence-corrected chi connectivity index (χ4v) is 4.02. The van der Waals surface area contributed by atoms with Crippen molar-refractivity contribution >= 4 is 27.3 Å². The third kappa shape index (κ3) is 3.80. The summed E-state index contributed by atoms with van der Waals surface area (Å²) in [5, 5.41) is 0. The van der Waals surface area contributed by atoms with Gasteiger partial charge in [0, 0.05) is 10.9 Å². The van der Waals surface area contributed by atoms with Crippen molar-refractivity contribution in [2.45, 2.75) is 63.7 Å². The average molecular weight is 332 g/mol. The zero-order chi connectivity index (χ0) is 13.0. The van der Waals surface area contributed by atoms with Crippen LogP contribution in [0.3, 0.4) is 0 Å². The highest BCUT2D eigenvalue weighted by Crippen LogP contribution is 2.34. The van der Waals surface area contributed by atoms with E-state index in [0.717, 1.165) is 10.2 Å². The van der Waals surface area contributed by atoms with Crippen LogP contribution >= 0.6 is 27.3 Å². The minimum Gasteiger partial charge on any atom is -0.368 e. The largest absolute Gasteiger partial charge is 0.368 e. The van der Waals surface area contributed by atoms with E-state index < -0.39 is 0 Å². The van der Waals surface area contributed by atoms with Crippen molar-refractivity contribution in [3.8, 4) is 0 Å². The fraction of sp³-hybridized carbons (Fsp3) is 0.714. The molecule has 1 aromatic rings. The number of hydrogen-bond donors (Lipinski definition) is 1. The molecule has 2 unspecified atom stereocenters. The van der Waals surface area contributed by atoms with E-state index >= 15 is 0 Å². The lowest BCUT2D eigenvalue weighted by Gasteiger charge is -2.30. The van der Waals surface area contributed by atoms with Crippen molar-refractivity contribution in [1.82, 2.24) is 0 Å². The Labute approximate surface area is 122 Å². The Morgan fingerprint density at radius 1 is 1.39 bits per heavy atom. The van der Waals surface area contributed by atoms with Crippen LogP contribution in [0.15, 0.2) is 15.9 Å². The van der Waals surface area contributed by atoms with E-state index in [2.05, 4.69) is 35.0 Å². The van der Waals surface area contributed by atoms with Gasteiger partial charge in [0.2, 0.25) is 0 Å². The van der Waals surface area contributed by atoms with Crippen LogP contribution in [0.4, 0.5) is 0 Å². The van der Waals surface area contributed by atoms with E-state index in [-0.39, 0.29) is 12.1 Å². The van der Waals surface area contributed by atoms with E-state index in [9.17, 15) is 0 Å². The van der Waals surface area contributed by atoms with Gasteiger partial charge in [-0.15, -0.1) is 11.3 Å². The molecule has 102 valence electrons. The van der Waals surface area contributed by atoms with Crippen LogP contribution in [0.5, 0.6) is 0 Å². The summed E-state index contributed by atoms with van der Waals surface area (Å²) in [5.41, 5.74) is 6.24. The van der Waals surface area contributed by atoms with Gasteiger partial charge in [-0.3, -0.25) is 0 Å². The lowest BCUT2D eigenvalue weighted by atomic mass is 9.97. The summed E-state index contributed by atoms with van der Waals surface area (Å²) >= 11 is 5.26. The Kier molecular flexibility index (Phi) is 5.67. The molecule has 0 amide bonds. The van der Waals surface area contributed by atoms with Crippen LogP contribution in [-0.4, -0.2) is 12.1 Å². The van der Waals surface area contributed by atoms with Crippen molar-refractivity contribution in [1.29, 1.82) is 0 Å². The zero-order valence-corrected chi connectivity index (χ0v) is 13.3. The van der Waals surface area contributed by atoms with E-state index in [1.165, 1.54) is 37.0 Å². The summed E-state index contributed by atoms with van der Waals surface area (Å²) in [6, 6.07) is 4.31. The summed E-state index contributed by atoms with van der Waals surface area (Å²) in [7, 11) is 0. The van der Waals surface area contributed by atoms with Gasteiger partial charge < -0.3 is 10.5 Å². The van der Waals surface area contributed by atoms with Crippen LogP contribution in [0.25, 0.3) is 0 Å². The summed E-state index contributed by atoms with van der Waals surface area (Å²) in [6.07, 6.45) is 7.76. The van der Waals surface area contributed by atoms with Gasteiger partial charge in [-0.1, -0.05) is 26.2 Å². The molecule has 1 aromatic heterocycles. The molecule has 0 saturated heterocycles. The Bertz CT molecular complexity index is 362. The topological polar surface area (TPSA) is 35.2 Å². The molecule has 2 atom stereocenters. The lowest BCUT2D eigenvalue weighted by Crippen LogP contribution is -2.32. The van der Waals surface area contributed by atoms with Gasteiger partial charge in [0.1, 0.15) is 6.10 Å². The van der Waals surface area contributed by atoms with Gasteiger partial charge in [-0.05, 0) is 47.3 Å². The smallest absolute Gasteiger partial charge is 0.107 e. The molecule has 1 fully saturated rings. The van der Waals surface area contributed by atoms with Crippen molar-refractivity contribution in [3.63, 3.8) is 0 Å². The summed E-state index contributed by atoms with van der Waals surface area (Å²) < 4.78 is 7.46. The number of ether oxygens (including phenoxy) is 1. The average Bonchev–Trinajstić information content (AvgIpc) is 2.83. The highest BCUT2D eigenvalue weighted by atomic mass is 79.9. The summed E-state index contributed by atoms with van der Waals surface area (Å²) in [4.78, 5) is 1.25. The molecule has 4 heteroatoms. The van der Waals surface area contributed by atoms with Crippen LogP contribution in [-0.2, 0) is 4.74 Å². The van der Waals surface area contributed by atoms with Crippen LogP contribution < -0.4 is 5.73 Å². The van der Waals surface area contributed by atoms with Gasteiger partial charge in [0.25, 0.3) is 0 Å². The maximum absolute atomic E-state index is 6.31. The quantitative estimate of drug-likeness (QED) is 0.853. The Morgan fingerprint density at radius 3 is 2.67 bits per heavy atom. The predicted molar refractivity (Wildman–Crippen MR) is 81.0 cm³/mol. The maximum Gasteiger partial charge on any atom is 0.107 e. The third-order valence-corrected chi connectivity index (χ3v) is 5.31. The van der Waals surface area contributed by atoms with E-state index in [0.29, 0.717) is 6.10 Å². The third-order valence-electron chi connectivity index (χ3n) is 3.63. The van der Waals surface area contributed by atoms with Gasteiger partial charge in [0.05, 0.1) is 9.89 Å². The number of thiophene rings is 1. The molecule has 2 nitrogen and oxygen atoms in total. The van der Waals surface area contributed by atoms with Crippen molar-refractivity contribution in [3.05, 3.63) is 20.8 Å². The van der Waals surface area contributed by atoms with E-state index in [4.69, 9.17) is 10.5 Å². The van der Waals surface area contributed by atoms with Crippen LogP contribution in [0, 0.1) is 0 Å². The SMILES string of the molecule is CCC(N)C(OC1CCCCC1)c1ccc(Br)s1. The van der Waals surface area contributed by atoms with Crippen molar-refractivity contribution in [2.24, 2.45) is 5.73 Å². The number of halogens is 1. The first kappa shape index (κ1) is 14.5. The monoisotopic (exact) mass is 331 g/mol. The predicted octanol–water partition coefficient (Wildman–Crippen LogP) is 4.64. The van der Waals surface area contributed by atoms with Crippen LogP contribution in [0.2, 0.25) is 0 Å². The molecule has 1 heterocycles. The van der Waals surface area contributed by atoms with Gasteiger partial charge in [-0.25, -0.2) is 0 Å². The molecular weight excluding hydrogens is 310 g/mol. The van der Waals surface area contributed by atoms with Crippen molar-refractivity contribution in [2.75, 3.05) is 0 Å². The molecule has 2 N–H and O–H groups in total. The molecule has 1 aliphatic carbocycles. The molecule has 0 radical (unpaired) electrons. The van der Waals surface area contributed by atoms with Crippen molar-refractivity contribution < 1.29 is 4.74 Å². The first-order chi connectivity index (χ1) is 8.70. The molecule has 18 heavy (non-hydrogen) atoms. The molecular formula is C14H22BrNOS. The van der Waals surface area contributed by atoms with E-state index in [1.54, 1.807) is 11.3 Å². The molecule has 1 saturated carbocycles. The first-order valence-electron chi connectivity index (χ1n) is 6.87. The standard InChI is InChI=1S/C14H22BrNOS/c1-2-11(16)14(12-8-9-13(15)18-12)17-10-6-4-3-5-7-10/h8-11,14H,2-7,16H2,1H3. The molecule has 1 aliphatic rings. The van der Waals surface area contributed by atoms with E-state index in [1.807, 2.05) is 0 Å². The number of rotatable bonds is 5. The normalized spacial score (nSPS) is 20.8. The zero-order valence-electron chi connectivity index (χ0n) is 10.9. The van der Waals surface area contributed by atoms with Crippen LogP contribution in [0.1, 0.15) is 56.4 Å². The Balaban J connectivity index is 2.04. The number of hydrogen-bond acceptors (Lipinski definition) is 3. The second-order valence-electron chi connectivity index (χ2n) is 5.03. The number of nitrogens with two attached hydrogens (primary N) is 1. The Morgan fingerprint density at radius 2 is 2.11 bits per heavy atom. The Hall–Kier alpha value is 0.1000. The first-order valence-corrected chi connectivity index (χ1v) is 8.48.